The van der Waals surface area contributed by atoms with Crippen LogP contribution in [0.1, 0.15) is 33.2 Å². The molecule has 3 rings (SSSR count). The van der Waals surface area contributed by atoms with Crippen molar-refractivity contribution in [2.45, 2.75) is 25.8 Å². The highest BCUT2D eigenvalue weighted by Crippen LogP contribution is 2.15. The van der Waals surface area contributed by atoms with E-state index in [0.717, 1.165) is 0 Å². The van der Waals surface area contributed by atoms with Gasteiger partial charge in [-0.05, 0) is 36.2 Å². The van der Waals surface area contributed by atoms with Crippen LogP contribution in [0.25, 0.3) is 0 Å². The minimum atomic E-state index is -0.324. The molecule has 2 aromatic carbocycles. The van der Waals surface area contributed by atoms with E-state index in [0.29, 0.717) is 42.1 Å². The molecule has 0 unspecified atom stereocenters. The van der Waals surface area contributed by atoms with E-state index in [1.807, 2.05) is 18.2 Å². The molecule has 0 saturated heterocycles. The fourth-order valence-electron chi connectivity index (χ4n) is 2.49. The Kier molecular flexibility index (Phi) is 6.80. The maximum absolute atomic E-state index is 13.1. The van der Waals surface area contributed by atoms with E-state index in [4.69, 9.17) is 0 Å². The number of carbonyl (C=O) groups excluding carboxylic acids is 2. The van der Waals surface area contributed by atoms with Gasteiger partial charge in [0.1, 0.15) is 10.8 Å². The third-order valence-electron chi connectivity index (χ3n) is 3.87. The molecule has 1 heterocycles. The smallest absolute Gasteiger partial charge is 0.286 e. The molecular formula is C20H19FN4O2S. The number of hydrogen-bond acceptors (Lipinski definition) is 5. The topological polar surface area (TPSA) is 84.0 Å². The van der Waals surface area contributed by atoms with Gasteiger partial charge in [0, 0.05) is 25.1 Å². The van der Waals surface area contributed by atoms with Crippen LogP contribution in [0.5, 0.6) is 0 Å². The third kappa shape index (κ3) is 5.95. The fraction of sp³-hybridized carbons (Fsp3) is 0.200. The number of aryl methyl sites for hydroxylation is 1. The molecule has 2 amide bonds. The fourth-order valence-corrected chi connectivity index (χ4v) is 3.27. The summed E-state index contributed by atoms with van der Waals surface area (Å²) in [6, 6.07) is 15.2. The lowest BCUT2D eigenvalue weighted by atomic mass is 10.2. The zero-order chi connectivity index (χ0) is 19.8. The maximum atomic E-state index is 13.1. The molecule has 1 aromatic heterocycles. The van der Waals surface area contributed by atoms with E-state index < -0.39 is 0 Å². The monoisotopic (exact) mass is 398 g/mol. The predicted octanol–water partition coefficient (Wildman–Crippen LogP) is 3.57. The summed E-state index contributed by atoms with van der Waals surface area (Å²) < 4.78 is 13.1. The first-order valence-electron chi connectivity index (χ1n) is 8.80. The van der Waals surface area contributed by atoms with Crippen molar-refractivity contribution in [3.05, 3.63) is 76.0 Å². The standard InChI is InChI=1S/C20H19FN4O2S/c21-15-7-4-6-14(12-15)13-22-17(26)10-5-11-18-24-25-20(28-18)19(27)23-16-8-2-1-3-9-16/h1-4,6-9,12H,5,10-11,13H2,(H,22,26)(H,23,27). The Hall–Kier alpha value is -3.13. The van der Waals surface area contributed by atoms with E-state index in [-0.39, 0.29) is 22.6 Å². The molecule has 0 atom stereocenters. The Bertz CT molecular complexity index is 946. The van der Waals surface area contributed by atoms with Gasteiger partial charge in [-0.3, -0.25) is 9.59 Å². The number of halogens is 1. The Labute approximate surface area is 165 Å². The third-order valence-corrected chi connectivity index (χ3v) is 4.85. The lowest BCUT2D eigenvalue weighted by Gasteiger charge is -2.05. The van der Waals surface area contributed by atoms with Gasteiger partial charge in [0.05, 0.1) is 0 Å². The number of anilines is 1. The van der Waals surface area contributed by atoms with Crippen molar-refractivity contribution < 1.29 is 14.0 Å². The zero-order valence-electron chi connectivity index (χ0n) is 15.0. The van der Waals surface area contributed by atoms with Gasteiger partial charge in [0.2, 0.25) is 10.9 Å². The first-order chi connectivity index (χ1) is 13.6. The van der Waals surface area contributed by atoms with Gasteiger partial charge in [0.25, 0.3) is 5.91 Å². The highest BCUT2D eigenvalue weighted by molar-refractivity contribution is 7.13. The number of nitrogens with one attached hydrogen (secondary N) is 2. The Balaban J connectivity index is 1.40. The normalized spacial score (nSPS) is 10.5. The summed E-state index contributed by atoms with van der Waals surface area (Å²) in [6.45, 7) is 0.291. The molecule has 2 N–H and O–H groups in total. The summed E-state index contributed by atoms with van der Waals surface area (Å²) in [6.07, 6.45) is 1.47. The van der Waals surface area contributed by atoms with Crippen LogP contribution >= 0.6 is 11.3 Å². The van der Waals surface area contributed by atoms with Gasteiger partial charge < -0.3 is 10.6 Å². The summed E-state index contributed by atoms with van der Waals surface area (Å²) in [4.78, 5) is 24.1. The molecular weight excluding hydrogens is 379 g/mol. The molecule has 0 aliphatic carbocycles. The number of para-hydroxylation sites is 1. The second kappa shape index (κ2) is 9.70. The van der Waals surface area contributed by atoms with Crippen LogP contribution in [-0.4, -0.2) is 22.0 Å². The van der Waals surface area contributed by atoms with Crippen LogP contribution in [0.2, 0.25) is 0 Å². The van der Waals surface area contributed by atoms with Crippen molar-refractivity contribution in [2.75, 3.05) is 5.32 Å². The van der Waals surface area contributed by atoms with Crippen LogP contribution < -0.4 is 10.6 Å². The molecule has 8 heteroatoms. The molecule has 6 nitrogen and oxygen atoms in total. The van der Waals surface area contributed by atoms with E-state index in [9.17, 15) is 14.0 Å². The number of hydrogen-bond donors (Lipinski definition) is 2. The minimum Gasteiger partial charge on any atom is -0.352 e. The van der Waals surface area contributed by atoms with Gasteiger partial charge in [-0.1, -0.05) is 41.7 Å². The molecule has 0 radical (unpaired) electrons. The summed E-state index contributed by atoms with van der Waals surface area (Å²) in [7, 11) is 0. The van der Waals surface area contributed by atoms with E-state index in [2.05, 4.69) is 20.8 Å². The SMILES string of the molecule is O=C(CCCc1nnc(C(=O)Nc2ccccc2)s1)NCc1cccc(F)c1. The second-order valence-corrected chi connectivity index (χ2v) is 7.14. The Morgan fingerprint density at radius 2 is 1.86 bits per heavy atom. The molecule has 144 valence electrons. The number of carbonyl (C=O) groups is 2. The van der Waals surface area contributed by atoms with Crippen molar-refractivity contribution in [3.63, 3.8) is 0 Å². The van der Waals surface area contributed by atoms with Crippen molar-refractivity contribution >= 4 is 28.8 Å². The van der Waals surface area contributed by atoms with Gasteiger partial charge in [-0.25, -0.2) is 4.39 Å². The van der Waals surface area contributed by atoms with Crippen LogP contribution in [0.15, 0.2) is 54.6 Å². The molecule has 28 heavy (non-hydrogen) atoms. The Morgan fingerprint density at radius 1 is 1.04 bits per heavy atom. The summed E-state index contributed by atoms with van der Waals surface area (Å²) >= 11 is 1.22. The average Bonchev–Trinajstić information content (AvgIpc) is 3.16. The average molecular weight is 398 g/mol. The molecule has 0 saturated carbocycles. The van der Waals surface area contributed by atoms with Crippen LogP contribution in [0.4, 0.5) is 10.1 Å². The number of amides is 2. The summed E-state index contributed by atoms with van der Waals surface area (Å²) in [5.74, 6) is -0.742. The van der Waals surface area contributed by atoms with Gasteiger partial charge >= 0.3 is 0 Å². The Morgan fingerprint density at radius 3 is 2.64 bits per heavy atom. The molecule has 0 bridgehead atoms. The van der Waals surface area contributed by atoms with Crippen LogP contribution in [0, 0.1) is 5.82 Å². The van der Waals surface area contributed by atoms with Crippen molar-refractivity contribution in [2.24, 2.45) is 0 Å². The number of rotatable bonds is 8. The number of aromatic nitrogens is 2. The molecule has 0 fully saturated rings. The maximum Gasteiger partial charge on any atom is 0.286 e. The lowest BCUT2D eigenvalue weighted by molar-refractivity contribution is -0.121. The van der Waals surface area contributed by atoms with E-state index in [1.54, 1.807) is 24.3 Å². The molecule has 0 spiro atoms. The van der Waals surface area contributed by atoms with E-state index >= 15 is 0 Å². The van der Waals surface area contributed by atoms with Crippen molar-refractivity contribution in [1.82, 2.24) is 15.5 Å². The molecule has 0 aliphatic heterocycles. The second-order valence-electron chi connectivity index (χ2n) is 6.08. The summed E-state index contributed by atoms with van der Waals surface area (Å²) in [5, 5.41) is 14.4. The number of benzene rings is 2. The highest BCUT2D eigenvalue weighted by atomic mass is 32.1. The molecule has 0 aliphatic rings. The lowest BCUT2D eigenvalue weighted by Crippen LogP contribution is -2.22. The highest BCUT2D eigenvalue weighted by Gasteiger charge is 2.13. The van der Waals surface area contributed by atoms with E-state index in [1.165, 1.54) is 23.5 Å². The van der Waals surface area contributed by atoms with Gasteiger partial charge in [-0.15, -0.1) is 10.2 Å². The minimum absolute atomic E-state index is 0.115. The van der Waals surface area contributed by atoms with Crippen LogP contribution in [0.3, 0.4) is 0 Å². The first kappa shape index (κ1) is 19.6. The largest absolute Gasteiger partial charge is 0.352 e. The number of nitrogens with zero attached hydrogens (tertiary/aromatic N) is 2. The zero-order valence-corrected chi connectivity index (χ0v) is 15.8. The van der Waals surface area contributed by atoms with Crippen molar-refractivity contribution in [3.8, 4) is 0 Å². The van der Waals surface area contributed by atoms with Crippen LogP contribution in [-0.2, 0) is 17.8 Å². The first-order valence-corrected chi connectivity index (χ1v) is 9.62. The summed E-state index contributed by atoms with van der Waals surface area (Å²) in [5.41, 5.74) is 1.41. The predicted molar refractivity (Wildman–Crippen MR) is 105 cm³/mol. The molecule has 3 aromatic rings. The van der Waals surface area contributed by atoms with Crippen molar-refractivity contribution in [1.29, 1.82) is 0 Å². The van der Waals surface area contributed by atoms with Gasteiger partial charge in [0.15, 0.2) is 0 Å². The quantitative estimate of drug-likeness (QED) is 0.608. The van der Waals surface area contributed by atoms with Gasteiger partial charge in [-0.2, -0.15) is 0 Å².